The Kier molecular flexibility index (Phi) is 7.14. The molecule has 0 saturated heterocycles. The molecule has 0 aromatic heterocycles. The van der Waals surface area contributed by atoms with Gasteiger partial charge in [-0.15, -0.1) is 0 Å². The van der Waals surface area contributed by atoms with Crippen molar-refractivity contribution in [1.29, 1.82) is 0 Å². The highest BCUT2D eigenvalue weighted by Gasteiger charge is 2.16. The zero-order chi connectivity index (χ0) is 16.3. The summed E-state index contributed by atoms with van der Waals surface area (Å²) in [7, 11) is 0. The number of amides is 2. The molecule has 0 aliphatic carbocycles. The molecular formula is C19H25N3O. The zero-order valence-corrected chi connectivity index (χ0v) is 13.4. The first-order valence-corrected chi connectivity index (χ1v) is 8.21. The van der Waals surface area contributed by atoms with Crippen LogP contribution in [-0.4, -0.2) is 19.1 Å². The van der Waals surface area contributed by atoms with Gasteiger partial charge in [-0.3, -0.25) is 4.90 Å². The minimum atomic E-state index is -0.0961. The molecule has 4 nitrogen and oxygen atoms in total. The van der Waals surface area contributed by atoms with E-state index in [1.807, 2.05) is 60.7 Å². The number of urea groups is 1. The van der Waals surface area contributed by atoms with Crippen LogP contribution in [0.5, 0.6) is 0 Å². The third kappa shape index (κ3) is 5.42. The van der Waals surface area contributed by atoms with Gasteiger partial charge in [0.05, 0.1) is 11.4 Å². The minimum absolute atomic E-state index is 0.0961. The fraction of sp³-hybridized carbons (Fsp3) is 0.316. The van der Waals surface area contributed by atoms with Gasteiger partial charge < -0.3 is 11.1 Å². The number of carbonyl (C=O) groups is 1. The van der Waals surface area contributed by atoms with Crippen LogP contribution >= 0.6 is 0 Å². The van der Waals surface area contributed by atoms with Crippen LogP contribution in [0.15, 0.2) is 60.7 Å². The van der Waals surface area contributed by atoms with Gasteiger partial charge in [0.15, 0.2) is 0 Å². The van der Waals surface area contributed by atoms with Gasteiger partial charge >= 0.3 is 6.03 Å². The number of unbranched alkanes of at least 4 members (excludes halogenated alkanes) is 3. The highest BCUT2D eigenvalue weighted by molar-refractivity contribution is 5.99. The molecule has 3 N–H and O–H groups in total. The molecule has 0 spiro atoms. The predicted octanol–water partition coefficient (Wildman–Crippen LogP) is 4.05. The second kappa shape index (κ2) is 9.64. The van der Waals surface area contributed by atoms with Crippen LogP contribution in [-0.2, 0) is 0 Å². The molecule has 2 rings (SSSR count). The average molecular weight is 311 g/mol. The molecule has 2 aromatic carbocycles. The van der Waals surface area contributed by atoms with Crippen molar-refractivity contribution in [2.45, 2.75) is 25.7 Å². The lowest BCUT2D eigenvalue weighted by Gasteiger charge is -2.23. The average Bonchev–Trinajstić information content (AvgIpc) is 2.60. The van der Waals surface area contributed by atoms with Crippen molar-refractivity contribution >= 4 is 17.4 Å². The molecule has 0 radical (unpaired) electrons. The van der Waals surface area contributed by atoms with Gasteiger partial charge in [0.2, 0.25) is 0 Å². The fourth-order valence-corrected chi connectivity index (χ4v) is 2.43. The number of rotatable bonds is 8. The Morgan fingerprint density at radius 2 is 1.35 bits per heavy atom. The van der Waals surface area contributed by atoms with Gasteiger partial charge in [-0.25, -0.2) is 4.79 Å². The quantitative estimate of drug-likeness (QED) is 0.722. The molecule has 0 saturated carbocycles. The monoisotopic (exact) mass is 311 g/mol. The van der Waals surface area contributed by atoms with Crippen LogP contribution in [0.1, 0.15) is 25.7 Å². The van der Waals surface area contributed by atoms with Crippen LogP contribution in [0.4, 0.5) is 16.2 Å². The van der Waals surface area contributed by atoms with E-state index in [4.69, 9.17) is 5.73 Å². The first-order chi connectivity index (χ1) is 11.3. The molecule has 0 fully saturated rings. The zero-order valence-electron chi connectivity index (χ0n) is 13.4. The summed E-state index contributed by atoms with van der Waals surface area (Å²) in [5, 5.41) is 3.01. The number of para-hydroxylation sites is 2. The fourth-order valence-electron chi connectivity index (χ4n) is 2.43. The topological polar surface area (TPSA) is 58.4 Å². The maximum atomic E-state index is 12.6. The molecule has 23 heavy (non-hydrogen) atoms. The van der Waals surface area contributed by atoms with Crippen LogP contribution in [0, 0.1) is 0 Å². The van der Waals surface area contributed by atoms with Crippen LogP contribution in [0.25, 0.3) is 0 Å². The highest BCUT2D eigenvalue weighted by Crippen LogP contribution is 2.24. The Balaban J connectivity index is 1.99. The molecule has 0 heterocycles. The first kappa shape index (κ1) is 17.0. The number of nitrogens with zero attached hydrogens (tertiary/aromatic N) is 1. The van der Waals surface area contributed by atoms with Crippen LogP contribution in [0.3, 0.4) is 0 Å². The molecule has 4 heteroatoms. The summed E-state index contributed by atoms with van der Waals surface area (Å²) in [6, 6.07) is 19.3. The summed E-state index contributed by atoms with van der Waals surface area (Å²) in [5.41, 5.74) is 7.20. The molecule has 0 bridgehead atoms. The number of carbonyl (C=O) groups excluding carboxylic acids is 1. The smallest absolute Gasteiger partial charge is 0.326 e. The molecule has 2 aromatic rings. The third-order valence-corrected chi connectivity index (χ3v) is 3.64. The van der Waals surface area contributed by atoms with Gasteiger partial charge in [0.1, 0.15) is 0 Å². The van der Waals surface area contributed by atoms with Gasteiger partial charge in [0.25, 0.3) is 0 Å². The highest BCUT2D eigenvalue weighted by atomic mass is 16.2. The number of nitrogens with one attached hydrogen (secondary N) is 1. The van der Waals surface area contributed by atoms with Gasteiger partial charge in [0, 0.05) is 6.54 Å². The summed E-state index contributed by atoms with van der Waals surface area (Å²) in [5.74, 6) is 0. The normalized spacial score (nSPS) is 10.3. The van der Waals surface area contributed by atoms with Crippen molar-refractivity contribution in [3.05, 3.63) is 60.7 Å². The second-order valence-corrected chi connectivity index (χ2v) is 5.44. The molecular weight excluding hydrogens is 286 g/mol. The van der Waals surface area contributed by atoms with Crippen molar-refractivity contribution in [3.63, 3.8) is 0 Å². The van der Waals surface area contributed by atoms with E-state index in [1.54, 1.807) is 4.90 Å². The Morgan fingerprint density at radius 3 is 1.87 bits per heavy atom. The van der Waals surface area contributed by atoms with Gasteiger partial charge in [-0.05, 0) is 43.7 Å². The van der Waals surface area contributed by atoms with Crippen molar-refractivity contribution in [2.75, 3.05) is 18.0 Å². The molecule has 0 aliphatic heterocycles. The lowest BCUT2D eigenvalue weighted by molar-refractivity contribution is 0.248. The summed E-state index contributed by atoms with van der Waals surface area (Å²) >= 11 is 0. The van der Waals surface area contributed by atoms with E-state index < -0.39 is 0 Å². The Labute approximate surface area is 138 Å². The van der Waals surface area contributed by atoms with Gasteiger partial charge in [-0.1, -0.05) is 49.2 Å². The maximum absolute atomic E-state index is 12.6. The third-order valence-electron chi connectivity index (χ3n) is 3.64. The first-order valence-electron chi connectivity index (χ1n) is 8.21. The SMILES string of the molecule is NCCCCCCNC(=O)N(c1ccccc1)c1ccccc1. The lowest BCUT2D eigenvalue weighted by atomic mass is 10.2. The van der Waals surface area contributed by atoms with Crippen LogP contribution < -0.4 is 16.0 Å². The summed E-state index contributed by atoms with van der Waals surface area (Å²) in [4.78, 5) is 14.3. The van der Waals surface area contributed by atoms with Crippen molar-refractivity contribution in [1.82, 2.24) is 5.32 Å². The van der Waals surface area contributed by atoms with E-state index in [0.717, 1.165) is 43.6 Å². The number of benzene rings is 2. The number of nitrogens with two attached hydrogens (primary N) is 1. The Hall–Kier alpha value is -2.33. The van der Waals surface area contributed by atoms with E-state index >= 15 is 0 Å². The van der Waals surface area contributed by atoms with E-state index in [2.05, 4.69) is 5.32 Å². The Morgan fingerprint density at radius 1 is 0.826 bits per heavy atom. The standard InChI is InChI=1S/C19H25N3O/c20-15-9-1-2-10-16-21-19(23)22(17-11-5-3-6-12-17)18-13-7-4-8-14-18/h3-8,11-14H,1-2,9-10,15-16,20H2,(H,21,23). The van der Waals surface area contributed by atoms with Crippen molar-refractivity contribution in [2.24, 2.45) is 5.73 Å². The van der Waals surface area contributed by atoms with E-state index in [-0.39, 0.29) is 6.03 Å². The Bertz CT molecular complexity index is 532. The van der Waals surface area contributed by atoms with Gasteiger partial charge in [-0.2, -0.15) is 0 Å². The maximum Gasteiger partial charge on any atom is 0.326 e. The molecule has 0 atom stereocenters. The predicted molar refractivity (Wildman–Crippen MR) is 95.9 cm³/mol. The molecule has 0 unspecified atom stereocenters. The number of hydrogen-bond donors (Lipinski definition) is 2. The van der Waals surface area contributed by atoms with Crippen molar-refractivity contribution in [3.8, 4) is 0 Å². The van der Waals surface area contributed by atoms with E-state index in [0.29, 0.717) is 6.54 Å². The number of anilines is 2. The number of hydrogen-bond acceptors (Lipinski definition) is 2. The molecule has 122 valence electrons. The van der Waals surface area contributed by atoms with Crippen molar-refractivity contribution < 1.29 is 4.79 Å². The lowest BCUT2D eigenvalue weighted by Crippen LogP contribution is -2.37. The second-order valence-electron chi connectivity index (χ2n) is 5.44. The summed E-state index contributed by atoms with van der Waals surface area (Å²) < 4.78 is 0. The summed E-state index contributed by atoms with van der Waals surface area (Å²) in [6.45, 7) is 1.42. The largest absolute Gasteiger partial charge is 0.337 e. The molecule has 2 amide bonds. The van der Waals surface area contributed by atoms with E-state index in [1.165, 1.54) is 0 Å². The summed E-state index contributed by atoms with van der Waals surface area (Å²) in [6.07, 6.45) is 4.23. The minimum Gasteiger partial charge on any atom is -0.337 e. The van der Waals surface area contributed by atoms with E-state index in [9.17, 15) is 4.79 Å². The van der Waals surface area contributed by atoms with Crippen LogP contribution in [0.2, 0.25) is 0 Å². The molecule has 0 aliphatic rings.